The number of hydrogen-bond donors (Lipinski definition) is 2. The van der Waals surface area contributed by atoms with E-state index in [0.717, 1.165) is 46.3 Å². The molecule has 0 atom stereocenters. The number of aryl methyl sites for hydroxylation is 1. The Morgan fingerprint density at radius 1 is 1.45 bits per heavy atom. The van der Waals surface area contributed by atoms with Gasteiger partial charge in [-0.3, -0.25) is 0 Å². The van der Waals surface area contributed by atoms with Gasteiger partial charge < -0.3 is 14.8 Å². The van der Waals surface area contributed by atoms with Crippen LogP contribution in [0.25, 0.3) is 16.5 Å². The number of aromatic amines is 1. The summed E-state index contributed by atoms with van der Waals surface area (Å²) in [5.41, 5.74) is 3.87. The van der Waals surface area contributed by atoms with E-state index in [4.69, 9.17) is 9.84 Å². The van der Waals surface area contributed by atoms with Gasteiger partial charge in [0.1, 0.15) is 5.75 Å². The summed E-state index contributed by atoms with van der Waals surface area (Å²) < 4.78 is 5.44. The van der Waals surface area contributed by atoms with E-state index in [0.29, 0.717) is 5.92 Å². The number of benzene rings is 1. The Morgan fingerprint density at radius 3 is 2.80 bits per heavy atom. The molecular weight excluding hydrogens is 254 g/mol. The summed E-state index contributed by atoms with van der Waals surface area (Å²) in [6.45, 7) is 1.98. The summed E-state index contributed by atoms with van der Waals surface area (Å²) in [6.07, 6.45) is 3.46. The fraction of sp³-hybridized carbons (Fsp3) is 0.312. The summed E-state index contributed by atoms with van der Waals surface area (Å²) in [5.74, 6) is 0.239. The van der Waals surface area contributed by atoms with Crippen molar-refractivity contribution in [2.24, 2.45) is 5.92 Å². The molecule has 2 N–H and O–H groups in total. The number of fused-ring (bicyclic) bond motifs is 1. The van der Waals surface area contributed by atoms with Gasteiger partial charge in [-0.25, -0.2) is 4.79 Å². The number of rotatable bonds is 4. The van der Waals surface area contributed by atoms with Gasteiger partial charge in [-0.2, -0.15) is 0 Å². The Kier molecular flexibility index (Phi) is 3.01. The number of methoxy groups -OCH3 is 1. The first kappa shape index (κ1) is 12.8. The number of allylic oxidation sites excluding steroid dienone is 1. The fourth-order valence-electron chi connectivity index (χ4n) is 2.80. The molecule has 0 unspecified atom stereocenters. The third kappa shape index (κ3) is 2.07. The van der Waals surface area contributed by atoms with Crippen LogP contribution < -0.4 is 4.74 Å². The average molecular weight is 271 g/mol. The Hall–Kier alpha value is -2.23. The molecular formula is C16H17NO3. The highest BCUT2D eigenvalue weighted by Gasteiger charge is 2.30. The normalized spacial score (nSPS) is 15.6. The molecule has 104 valence electrons. The number of ether oxygens (including phenoxy) is 1. The Morgan fingerprint density at radius 2 is 2.20 bits per heavy atom. The first-order valence-electron chi connectivity index (χ1n) is 6.72. The summed E-state index contributed by atoms with van der Waals surface area (Å²) in [5, 5.41) is 10.1. The van der Waals surface area contributed by atoms with Crippen LogP contribution in [0.1, 0.15) is 24.1 Å². The van der Waals surface area contributed by atoms with Crippen molar-refractivity contribution in [2.75, 3.05) is 7.11 Å². The third-order valence-electron chi connectivity index (χ3n) is 3.78. The van der Waals surface area contributed by atoms with Crippen LogP contribution in [0.3, 0.4) is 0 Å². The van der Waals surface area contributed by atoms with Crippen LogP contribution in [0.2, 0.25) is 0 Å². The quantitative estimate of drug-likeness (QED) is 0.838. The molecule has 0 bridgehead atoms. The van der Waals surface area contributed by atoms with Crippen LogP contribution in [-0.4, -0.2) is 23.2 Å². The molecule has 1 heterocycles. The Labute approximate surface area is 117 Å². The van der Waals surface area contributed by atoms with Crippen LogP contribution >= 0.6 is 0 Å². The van der Waals surface area contributed by atoms with E-state index in [-0.39, 0.29) is 0 Å². The van der Waals surface area contributed by atoms with Crippen molar-refractivity contribution in [2.45, 2.75) is 19.8 Å². The van der Waals surface area contributed by atoms with Crippen LogP contribution in [-0.2, 0) is 4.79 Å². The third-order valence-corrected chi connectivity index (χ3v) is 3.78. The lowest BCUT2D eigenvalue weighted by molar-refractivity contribution is -0.131. The molecule has 1 aromatic heterocycles. The van der Waals surface area contributed by atoms with Crippen molar-refractivity contribution in [3.8, 4) is 5.75 Å². The maximum Gasteiger partial charge on any atom is 0.328 e. The van der Waals surface area contributed by atoms with Crippen molar-refractivity contribution >= 4 is 22.4 Å². The predicted molar refractivity (Wildman–Crippen MR) is 77.9 cm³/mol. The Bertz CT molecular complexity index is 708. The van der Waals surface area contributed by atoms with Gasteiger partial charge in [0, 0.05) is 28.2 Å². The minimum Gasteiger partial charge on any atom is -0.496 e. The molecule has 2 aromatic rings. The minimum absolute atomic E-state index is 0.355. The Balaban J connectivity index is 2.28. The van der Waals surface area contributed by atoms with Crippen molar-refractivity contribution < 1.29 is 14.6 Å². The molecule has 4 heteroatoms. The molecule has 1 aliphatic carbocycles. The van der Waals surface area contributed by atoms with Crippen LogP contribution in [0.15, 0.2) is 24.3 Å². The van der Waals surface area contributed by atoms with Crippen molar-refractivity contribution in [3.05, 3.63) is 35.5 Å². The first-order chi connectivity index (χ1) is 9.61. The highest BCUT2D eigenvalue weighted by molar-refractivity contribution is 6.02. The van der Waals surface area contributed by atoms with Crippen LogP contribution in [0.5, 0.6) is 5.75 Å². The van der Waals surface area contributed by atoms with Gasteiger partial charge in [-0.05, 0) is 43.4 Å². The lowest BCUT2D eigenvalue weighted by atomic mass is 9.97. The number of carboxylic acids is 1. The van der Waals surface area contributed by atoms with E-state index >= 15 is 0 Å². The molecule has 1 saturated carbocycles. The van der Waals surface area contributed by atoms with Crippen LogP contribution in [0.4, 0.5) is 0 Å². The number of nitrogens with one attached hydrogen (secondary N) is 1. The van der Waals surface area contributed by atoms with Crippen LogP contribution in [0, 0.1) is 12.8 Å². The average Bonchev–Trinajstić information content (AvgIpc) is 3.18. The summed E-state index contributed by atoms with van der Waals surface area (Å²) >= 11 is 0. The predicted octanol–water partition coefficient (Wildman–Crippen LogP) is 3.36. The van der Waals surface area contributed by atoms with Gasteiger partial charge in [-0.1, -0.05) is 6.07 Å². The monoisotopic (exact) mass is 271 g/mol. The molecule has 1 aliphatic rings. The first-order valence-corrected chi connectivity index (χ1v) is 6.72. The number of carbonyl (C=O) groups is 1. The second-order valence-corrected chi connectivity index (χ2v) is 5.22. The van der Waals surface area contributed by atoms with Crippen molar-refractivity contribution in [3.63, 3.8) is 0 Å². The lowest BCUT2D eigenvalue weighted by Gasteiger charge is -2.09. The van der Waals surface area contributed by atoms with Gasteiger partial charge in [0.15, 0.2) is 0 Å². The zero-order valence-electron chi connectivity index (χ0n) is 11.6. The summed E-state index contributed by atoms with van der Waals surface area (Å²) in [6, 6.07) is 5.82. The fourth-order valence-corrected chi connectivity index (χ4v) is 2.80. The van der Waals surface area contributed by atoms with Crippen molar-refractivity contribution in [1.82, 2.24) is 4.98 Å². The van der Waals surface area contributed by atoms with Gasteiger partial charge >= 0.3 is 5.97 Å². The second kappa shape index (κ2) is 4.71. The second-order valence-electron chi connectivity index (χ2n) is 5.22. The molecule has 1 fully saturated rings. The maximum atomic E-state index is 11.1. The molecule has 0 amide bonds. The standard InChI is InChI=1S/C16H17NO3/c1-9-15(11(8-14(18)19)10-6-7-10)16-12(17-9)4-3-5-13(16)20-2/h3-5,8,10,17H,6-7H2,1-2H3,(H,18,19)/b11-8+. The van der Waals surface area contributed by atoms with Gasteiger partial charge in [-0.15, -0.1) is 0 Å². The summed E-state index contributed by atoms with van der Waals surface area (Å²) in [7, 11) is 1.64. The highest BCUT2D eigenvalue weighted by Crippen LogP contribution is 2.46. The molecule has 20 heavy (non-hydrogen) atoms. The van der Waals surface area contributed by atoms with Gasteiger partial charge in [0.25, 0.3) is 0 Å². The van der Waals surface area contributed by atoms with Crippen molar-refractivity contribution in [1.29, 1.82) is 0 Å². The molecule has 0 radical (unpaired) electrons. The smallest absolute Gasteiger partial charge is 0.328 e. The molecule has 0 aliphatic heterocycles. The number of aliphatic carboxylic acids is 1. The number of carboxylic acid groups (broad SMARTS) is 1. The van der Waals surface area contributed by atoms with Gasteiger partial charge in [0.2, 0.25) is 0 Å². The van der Waals surface area contributed by atoms with Gasteiger partial charge in [0.05, 0.1) is 7.11 Å². The van der Waals surface area contributed by atoms with E-state index < -0.39 is 5.97 Å². The lowest BCUT2D eigenvalue weighted by Crippen LogP contribution is -1.96. The largest absolute Gasteiger partial charge is 0.496 e. The zero-order chi connectivity index (χ0) is 14.3. The molecule has 1 aromatic carbocycles. The number of aromatic nitrogens is 1. The zero-order valence-corrected chi connectivity index (χ0v) is 11.6. The molecule has 0 saturated heterocycles. The maximum absolute atomic E-state index is 11.1. The molecule has 0 spiro atoms. The summed E-state index contributed by atoms with van der Waals surface area (Å²) in [4.78, 5) is 14.4. The molecule has 3 rings (SSSR count). The van der Waals surface area contributed by atoms with E-state index in [1.807, 2.05) is 25.1 Å². The SMILES string of the molecule is COc1cccc2[nH]c(C)c(/C(=C/C(=O)O)C3CC3)c12. The van der Waals surface area contributed by atoms with E-state index in [1.165, 1.54) is 6.08 Å². The minimum atomic E-state index is -0.893. The van der Waals surface area contributed by atoms with E-state index in [9.17, 15) is 4.79 Å². The molecule has 4 nitrogen and oxygen atoms in total. The van der Waals surface area contributed by atoms with E-state index in [2.05, 4.69) is 4.98 Å². The number of hydrogen-bond acceptors (Lipinski definition) is 2. The van der Waals surface area contributed by atoms with E-state index in [1.54, 1.807) is 7.11 Å². The number of H-pyrrole nitrogens is 1. The topological polar surface area (TPSA) is 62.3 Å². The highest BCUT2D eigenvalue weighted by atomic mass is 16.5.